The van der Waals surface area contributed by atoms with E-state index in [-0.39, 0.29) is 17.3 Å². The van der Waals surface area contributed by atoms with Crippen molar-refractivity contribution in [3.05, 3.63) is 41.7 Å². The van der Waals surface area contributed by atoms with Crippen molar-refractivity contribution in [3.8, 4) is 5.75 Å². The first kappa shape index (κ1) is 27.7. The first-order valence-corrected chi connectivity index (χ1v) is 15.4. The molecule has 38 heavy (non-hydrogen) atoms. The summed E-state index contributed by atoms with van der Waals surface area (Å²) in [5.74, 6) is 4.27. The van der Waals surface area contributed by atoms with Gasteiger partial charge in [0.05, 0.1) is 0 Å². The fourth-order valence-electron chi connectivity index (χ4n) is 9.53. The smallest absolute Gasteiger partial charge is 0.430 e. The molecule has 3 nitrogen and oxygen atoms in total. The Labute approximate surface area is 229 Å². The molecule has 0 unspecified atom stereocenters. The van der Waals surface area contributed by atoms with Crippen LogP contribution in [0.15, 0.2) is 35.9 Å². The van der Waals surface area contributed by atoms with E-state index < -0.39 is 12.0 Å². The van der Waals surface area contributed by atoms with E-state index in [1.165, 1.54) is 69.1 Å². The molecule has 0 aromatic heterocycles. The molecule has 0 bridgehead atoms. The molecule has 210 valence electrons. The van der Waals surface area contributed by atoms with Crippen LogP contribution in [0.25, 0.3) is 0 Å². The van der Waals surface area contributed by atoms with Gasteiger partial charge in [-0.25, -0.2) is 9.18 Å². The molecule has 5 rings (SSSR count). The Hall–Kier alpha value is -1.84. The number of carbonyl (C=O) groups excluding carboxylic acids is 1. The van der Waals surface area contributed by atoms with Crippen LogP contribution in [0.1, 0.15) is 105 Å². The number of carbonyl (C=O) groups is 1. The van der Waals surface area contributed by atoms with Crippen molar-refractivity contribution in [2.75, 3.05) is 0 Å². The van der Waals surface area contributed by atoms with Crippen LogP contribution in [0.3, 0.4) is 0 Å². The van der Waals surface area contributed by atoms with Gasteiger partial charge >= 0.3 is 6.16 Å². The van der Waals surface area contributed by atoms with E-state index >= 15 is 0 Å². The highest BCUT2D eigenvalue weighted by atomic mass is 19.1. The molecule has 0 radical (unpaired) electrons. The predicted molar refractivity (Wildman–Crippen MR) is 150 cm³/mol. The van der Waals surface area contributed by atoms with E-state index in [1.54, 1.807) is 12.1 Å². The lowest BCUT2D eigenvalue weighted by molar-refractivity contribution is -0.0597. The van der Waals surface area contributed by atoms with Gasteiger partial charge in [-0.05, 0) is 103 Å². The number of benzene rings is 1. The Bertz CT molecular complexity index is 1030. The monoisotopic (exact) mass is 524 g/mol. The lowest BCUT2D eigenvalue weighted by Crippen LogP contribution is -2.51. The van der Waals surface area contributed by atoms with Crippen molar-refractivity contribution >= 4 is 6.16 Å². The van der Waals surface area contributed by atoms with E-state index in [9.17, 15) is 9.18 Å². The van der Waals surface area contributed by atoms with E-state index in [2.05, 4.69) is 40.7 Å². The summed E-state index contributed by atoms with van der Waals surface area (Å²) >= 11 is 0. The number of para-hydroxylation sites is 1. The van der Waals surface area contributed by atoms with Crippen molar-refractivity contribution in [2.24, 2.45) is 46.3 Å². The van der Waals surface area contributed by atoms with Crippen LogP contribution < -0.4 is 4.74 Å². The van der Waals surface area contributed by atoms with Crippen LogP contribution in [0.5, 0.6) is 5.75 Å². The largest absolute Gasteiger partial charge is 0.514 e. The maximum absolute atomic E-state index is 13.9. The quantitative estimate of drug-likeness (QED) is 0.202. The Morgan fingerprint density at radius 2 is 1.82 bits per heavy atom. The lowest BCUT2D eigenvalue weighted by Gasteiger charge is -2.58. The van der Waals surface area contributed by atoms with Gasteiger partial charge in [-0.1, -0.05) is 77.7 Å². The fourth-order valence-corrected chi connectivity index (χ4v) is 9.53. The van der Waals surface area contributed by atoms with Gasteiger partial charge in [-0.15, -0.1) is 0 Å². The van der Waals surface area contributed by atoms with Gasteiger partial charge in [0, 0.05) is 6.42 Å². The molecular formula is C34H49FO3. The molecule has 3 saturated carbocycles. The second kappa shape index (κ2) is 11.0. The van der Waals surface area contributed by atoms with Gasteiger partial charge in [0.2, 0.25) is 0 Å². The summed E-state index contributed by atoms with van der Waals surface area (Å²) in [5, 5.41) is 0. The number of hydrogen-bond acceptors (Lipinski definition) is 3. The number of allylic oxidation sites excluding steroid dienone is 1. The Kier molecular flexibility index (Phi) is 8.00. The third-order valence-electron chi connectivity index (χ3n) is 11.6. The number of ether oxygens (including phenoxy) is 2. The molecule has 4 heteroatoms. The molecule has 4 aliphatic rings. The van der Waals surface area contributed by atoms with Crippen molar-refractivity contribution in [1.82, 2.24) is 0 Å². The zero-order valence-electron chi connectivity index (χ0n) is 24.3. The first-order valence-electron chi connectivity index (χ1n) is 15.4. The van der Waals surface area contributed by atoms with E-state index in [0.29, 0.717) is 5.41 Å². The molecule has 0 spiro atoms. The SMILES string of the molecule is CC(C)CCC[C@H](C)[C@@H]1CC[C@@H]2[C@H]3CC=C4C[C@@H](OC(=O)Oc5ccccc5F)CC[C@]4(C)[C@@H]3CC[C@]21C. The number of halogens is 1. The summed E-state index contributed by atoms with van der Waals surface area (Å²) in [4.78, 5) is 12.4. The third kappa shape index (κ3) is 5.18. The number of fused-ring (bicyclic) bond motifs is 5. The van der Waals surface area contributed by atoms with Crippen LogP contribution in [0.4, 0.5) is 9.18 Å². The topological polar surface area (TPSA) is 35.5 Å². The summed E-state index contributed by atoms with van der Waals surface area (Å²) in [7, 11) is 0. The number of rotatable bonds is 7. The van der Waals surface area contributed by atoms with Crippen LogP contribution in [0, 0.1) is 52.2 Å². The lowest BCUT2D eigenvalue weighted by atomic mass is 9.47. The Balaban J connectivity index is 1.22. The normalized spacial score (nSPS) is 37.0. The molecule has 4 aliphatic carbocycles. The molecule has 0 amide bonds. The predicted octanol–water partition coefficient (Wildman–Crippen LogP) is 9.75. The molecular weight excluding hydrogens is 475 g/mol. The van der Waals surface area contributed by atoms with Crippen molar-refractivity contribution < 1.29 is 18.7 Å². The summed E-state index contributed by atoms with van der Waals surface area (Å²) in [6.07, 6.45) is 15.0. The van der Waals surface area contributed by atoms with E-state index in [4.69, 9.17) is 9.47 Å². The molecule has 0 saturated heterocycles. The minimum atomic E-state index is -0.800. The standard InChI is InChI=1S/C34H49FO3/c1-22(2)9-8-10-23(3)27-15-16-28-26-14-13-24-21-25(37-32(36)38-31-12-7-6-11-30(31)35)17-19-33(24,4)29(26)18-20-34(27,28)5/h6-7,11-13,22-23,25-29H,8-10,14-21H2,1-5H3/t23-,25-,26+,27-,28+,29+,33-,34-/m0/s1. The Morgan fingerprint density at radius 3 is 2.58 bits per heavy atom. The van der Waals surface area contributed by atoms with Crippen molar-refractivity contribution in [2.45, 2.75) is 111 Å². The van der Waals surface area contributed by atoms with E-state index in [1.807, 2.05) is 0 Å². The zero-order valence-corrected chi connectivity index (χ0v) is 24.3. The second-order valence-electron chi connectivity index (χ2n) is 14.1. The van der Waals surface area contributed by atoms with Gasteiger partial charge in [0.25, 0.3) is 0 Å². The maximum atomic E-state index is 13.9. The van der Waals surface area contributed by atoms with E-state index in [0.717, 1.165) is 54.8 Å². The summed E-state index contributed by atoms with van der Waals surface area (Å²) in [6.45, 7) is 12.4. The second-order valence-corrected chi connectivity index (χ2v) is 14.1. The minimum Gasteiger partial charge on any atom is -0.430 e. The maximum Gasteiger partial charge on any atom is 0.514 e. The van der Waals surface area contributed by atoms with Gasteiger partial charge in [0.15, 0.2) is 11.6 Å². The molecule has 1 aromatic rings. The highest BCUT2D eigenvalue weighted by Crippen LogP contribution is 2.67. The molecule has 0 heterocycles. The highest BCUT2D eigenvalue weighted by molar-refractivity contribution is 5.64. The fraction of sp³-hybridized carbons (Fsp3) is 0.735. The van der Waals surface area contributed by atoms with Crippen LogP contribution in [-0.4, -0.2) is 12.3 Å². The molecule has 0 N–H and O–H groups in total. The molecule has 1 aromatic carbocycles. The van der Waals surface area contributed by atoms with Gasteiger partial charge < -0.3 is 9.47 Å². The minimum absolute atomic E-state index is 0.0766. The van der Waals surface area contributed by atoms with Crippen LogP contribution in [-0.2, 0) is 4.74 Å². The van der Waals surface area contributed by atoms with Gasteiger partial charge in [-0.2, -0.15) is 0 Å². The van der Waals surface area contributed by atoms with Crippen molar-refractivity contribution in [3.63, 3.8) is 0 Å². The molecule has 3 fully saturated rings. The summed E-state index contributed by atoms with van der Waals surface area (Å²) < 4.78 is 24.7. The molecule has 0 aliphatic heterocycles. The third-order valence-corrected chi connectivity index (χ3v) is 11.6. The zero-order chi connectivity index (χ0) is 27.1. The number of hydrogen-bond donors (Lipinski definition) is 0. The van der Waals surface area contributed by atoms with Crippen molar-refractivity contribution in [1.29, 1.82) is 0 Å². The first-order chi connectivity index (χ1) is 18.1. The summed E-state index contributed by atoms with van der Waals surface area (Å²) in [6, 6.07) is 5.96. The average molecular weight is 525 g/mol. The van der Waals surface area contributed by atoms with Gasteiger partial charge in [0.1, 0.15) is 6.10 Å². The average Bonchev–Trinajstić information content (AvgIpc) is 3.23. The summed E-state index contributed by atoms with van der Waals surface area (Å²) in [5.41, 5.74) is 2.19. The van der Waals surface area contributed by atoms with Crippen LogP contribution >= 0.6 is 0 Å². The van der Waals surface area contributed by atoms with Gasteiger partial charge in [-0.3, -0.25) is 0 Å². The van der Waals surface area contributed by atoms with Crippen LogP contribution in [0.2, 0.25) is 0 Å². The highest BCUT2D eigenvalue weighted by Gasteiger charge is 2.59. The molecule has 8 atom stereocenters. The Morgan fingerprint density at radius 1 is 1.03 bits per heavy atom.